The molecule has 0 spiro atoms. The van der Waals surface area contributed by atoms with Gasteiger partial charge in [-0.1, -0.05) is 12.1 Å². The molecule has 0 N–H and O–H groups in total. The SMILES string of the molecule is COc1cccc(CC(=O)C2CSCCN2C)c1F. The van der Waals surface area contributed by atoms with E-state index in [4.69, 9.17) is 4.74 Å². The van der Waals surface area contributed by atoms with Crippen molar-refractivity contribution in [3.63, 3.8) is 0 Å². The van der Waals surface area contributed by atoms with Crippen LogP contribution in [0, 0.1) is 5.82 Å². The lowest BCUT2D eigenvalue weighted by atomic mass is 10.0. The van der Waals surface area contributed by atoms with Crippen molar-refractivity contribution in [2.75, 3.05) is 32.2 Å². The molecule has 1 aliphatic rings. The van der Waals surface area contributed by atoms with Gasteiger partial charge in [-0.2, -0.15) is 11.8 Å². The molecule has 0 amide bonds. The van der Waals surface area contributed by atoms with Crippen LogP contribution in [0.15, 0.2) is 18.2 Å². The van der Waals surface area contributed by atoms with Gasteiger partial charge < -0.3 is 4.74 Å². The number of rotatable bonds is 4. The van der Waals surface area contributed by atoms with Crippen molar-refractivity contribution >= 4 is 17.5 Å². The van der Waals surface area contributed by atoms with Gasteiger partial charge in [0.1, 0.15) is 0 Å². The number of carbonyl (C=O) groups excluding carboxylic acids is 1. The minimum absolute atomic E-state index is 0.0712. The summed E-state index contributed by atoms with van der Waals surface area (Å²) in [4.78, 5) is 14.3. The van der Waals surface area contributed by atoms with Crippen LogP contribution in [-0.4, -0.2) is 48.9 Å². The second kappa shape index (κ2) is 6.39. The van der Waals surface area contributed by atoms with Gasteiger partial charge in [0.15, 0.2) is 17.3 Å². The number of halogens is 1. The molecule has 0 saturated carbocycles. The molecule has 1 fully saturated rings. The number of methoxy groups -OCH3 is 1. The van der Waals surface area contributed by atoms with Crippen molar-refractivity contribution in [1.29, 1.82) is 0 Å². The number of thioether (sulfide) groups is 1. The average molecular weight is 283 g/mol. The van der Waals surface area contributed by atoms with Crippen molar-refractivity contribution in [2.24, 2.45) is 0 Å². The van der Waals surface area contributed by atoms with Gasteiger partial charge in [0.2, 0.25) is 0 Å². The number of nitrogens with zero attached hydrogens (tertiary/aromatic N) is 1. The molecule has 1 aromatic carbocycles. The highest BCUT2D eigenvalue weighted by Gasteiger charge is 2.27. The number of hydrogen-bond acceptors (Lipinski definition) is 4. The topological polar surface area (TPSA) is 29.5 Å². The van der Waals surface area contributed by atoms with Crippen LogP contribution < -0.4 is 4.74 Å². The van der Waals surface area contributed by atoms with Gasteiger partial charge in [0.25, 0.3) is 0 Å². The Bertz CT molecular complexity index is 467. The van der Waals surface area contributed by atoms with Crippen LogP contribution >= 0.6 is 11.8 Å². The molecule has 19 heavy (non-hydrogen) atoms. The summed E-state index contributed by atoms with van der Waals surface area (Å²) in [6.45, 7) is 0.904. The van der Waals surface area contributed by atoms with Crippen LogP contribution in [0.2, 0.25) is 0 Å². The standard InChI is InChI=1S/C14H18FNO2S/c1-16-6-7-19-9-11(16)12(17)8-10-4-3-5-13(18-2)14(10)15/h3-5,11H,6-9H2,1-2H3. The highest BCUT2D eigenvalue weighted by molar-refractivity contribution is 7.99. The van der Waals surface area contributed by atoms with Crippen molar-refractivity contribution in [3.05, 3.63) is 29.6 Å². The molecule has 1 atom stereocenters. The van der Waals surface area contributed by atoms with E-state index in [-0.39, 0.29) is 24.0 Å². The summed E-state index contributed by atoms with van der Waals surface area (Å²) < 4.78 is 18.9. The third kappa shape index (κ3) is 3.28. The van der Waals surface area contributed by atoms with Gasteiger partial charge in [0, 0.05) is 24.5 Å². The van der Waals surface area contributed by atoms with E-state index in [0.29, 0.717) is 5.56 Å². The Morgan fingerprint density at radius 2 is 2.37 bits per heavy atom. The molecule has 0 aliphatic carbocycles. The van der Waals surface area contributed by atoms with Crippen LogP contribution in [0.4, 0.5) is 4.39 Å². The van der Waals surface area contributed by atoms with Crippen LogP contribution in [0.25, 0.3) is 0 Å². The smallest absolute Gasteiger partial charge is 0.168 e. The van der Waals surface area contributed by atoms with Crippen LogP contribution in [0.1, 0.15) is 5.56 Å². The second-order valence-electron chi connectivity index (χ2n) is 4.65. The molecule has 0 radical (unpaired) electrons. The van der Waals surface area contributed by atoms with Crippen LogP contribution in [0.5, 0.6) is 5.75 Å². The van der Waals surface area contributed by atoms with E-state index in [1.165, 1.54) is 7.11 Å². The van der Waals surface area contributed by atoms with Gasteiger partial charge in [-0.25, -0.2) is 4.39 Å². The summed E-state index contributed by atoms with van der Waals surface area (Å²) >= 11 is 1.78. The monoisotopic (exact) mass is 283 g/mol. The minimum atomic E-state index is -0.426. The lowest BCUT2D eigenvalue weighted by molar-refractivity contribution is -0.122. The zero-order valence-corrected chi connectivity index (χ0v) is 12.0. The number of benzene rings is 1. The quantitative estimate of drug-likeness (QED) is 0.845. The zero-order chi connectivity index (χ0) is 13.8. The van der Waals surface area contributed by atoms with Crippen molar-refractivity contribution in [3.8, 4) is 5.75 Å². The molecule has 1 aliphatic heterocycles. The number of ketones is 1. The Kier molecular flexibility index (Phi) is 4.82. The van der Waals surface area contributed by atoms with E-state index in [2.05, 4.69) is 4.90 Å². The summed E-state index contributed by atoms with van der Waals surface area (Å²) in [5.74, 6) is 1.68. The second-order valence-corrected chi connectivity index (χ2v) is 5.80. The number of likely N-dealkylation sites (N-methyl/N-ethyl adjacent to an activating group) is 1. The maximum atomic E-state index is 14.0. The molecule has 1 unspecified atom stereocenters. The number of carbonyl (C=O) groups is 1. The first-order valence-electron chi connectivity index (χ1n) is 6.25. The molecule has 104 valence electrons. The van der Waals surface area contributed by atoms with Gasteiger partial charge in [-0.3, -0.25) is 9.69 Å². The first kappa shape index (κ1) is 14.3. The summed E-state index contributed by atoms with van der Waals surface area (Å²) in [7, 11) is 3.37. The van der Waals surface area contributed by atoms with Crippen molar-refractivity contribution in [1.82, 2.24) is 4.90 Å². The fourth-order valence-corrected chi connectivity index (χ4v) is 3.43. The van der Waals surface area contributed by atoms with E-state index >= 15 is 0 Å². The normalized spacial score (nSPS) is 20.3. The third-order valence-corrected chi connectivity index (χ3v) is 4.42. The molecular weight excluding hydrogens is 265 g/mol. The molecule has 0 aromatic heterocycles. The molecule has 0 bridgehead atoms. The Balaban J connectivity index is 2.10. The maximum absolute atomic E-state index is 14.0. The molecule has 1 saturated heterocycles. The van der Waals surface area contributed by atoms with E-state index in [1.54, 1.807) is 30.0 Å². The predicted molar refractivity (Wildman–Crippen MR) is 75.4 cm³/mol. The van der Waals surface area contributed by atoms with E-state index in [0.717, 1.165) is 18.1 Å². The highest BCUT2D eigenvalue weighted by Crippen LogP contribution is 2.22. The largest absolute Gasteiger partial charge is 0.494 e. The number of ether oxygens (including phenoxy) is 1. The lowest BCUT2D eigenvalue weighted by Gasteiger charge is -2.30. The van der Waals surface area contributed by atoms with Crippen molar-refractivity contribution < 1.29 is 13.9 Å². The molecule has 5 heteroatoms. The third-order valence-electron chi connectivity index (χ3n) is 3.40. The molecule has 1 heterocycles. The maximum Gasteiger partial charge on any atom is 0.168 e. The fourth-order valence-electron chi connectivity index (χ4n) is 2.18. The zero-order valence-electron chi connectivity index (χ0n) is 11.2. The molecule has 3 nitrogen and oxygen atoms in total. The van der Waals surface area contributed by atoms with Gasteiger partial charge in [-0.15, -0.1) is 0 Å². The van der Waals surface area contributed by atoms with E-state index in [1.807, 2.05) is 7.05 Å². The highest BCUT2D eigenvalue weighted by atomic mass is 32.2. The molecular formula is C14H18FNO2S. The lowest BCUT2D eigenvalue weighted by Crippen LogP contribution is -2.45. The van der Waals surface area contributed by atoms with Gasteiger partial charge in [0.05, 0.1) is 13.2 Å². The number of Topliss-reactive ketones (excluding diaryl/α,β-unsaturated/α-hetero) is 1. The minimum Gasteiger partial charge on any atom is -0.494 e. The average Bonchev–Trinajstić information content (AvgIpc) is 2.41. The summed E-state index contributed by atoms with van der Waals surface area (Å²) in [6.07, 6.45) is 0.124. The van der Waals surface area contributed by atoms with Gasteiger partial charge >= 0.3 is 0 Å². The van der Waals surface area contributed by atoms with Crippen LogP contribution in [-0.2, 0) is 11.2 Å². The molecule has 2 rings (SSSR count). The summed E-state index contributed by atoms with van der Waals surface area (Å²) in [5.41, 5.74) is 0.410. The van der Waals surface area contributed by atoms with Crippen molar-refractivity contribution in [2.45, 2.75) is 12.5 Å². The number of hydrogen-bond donors (Lipinski definition) is 0. The summed E-state index contributed by atoms with van der Waals surface area (Å²) in [6, 6.07) is 4.81. The first-order valence-corrected chi connectivity index (χ1v) is 7.41. The Hall–Kier alpha value is -1.07. The summed E-state index contributed by atoms with van der Waals surface area (Å²) in [5, 5.41) is 0. The van der Waals surface area contributed by atoms with E-state index < -0.39 is 5.82 Å². The van der Waals surface area contributed by atoms with Gasteiger partial charge in [-0.05, 0) is 18.7 Å². The van der Waals surface area contributed by atoms with E-state index in [9.17, 15) is 9.18 Å². The fraction of sp³-hybridized carbons (Fsp3) is 0.500. The Morgan fingerprint density at radius 1 is 1.58 bits per heavy atom. The molecule has 1 aromatic rings. The first-order chi connectivity index (χ1) is 9.13. The predicted octanol–water partition coefficient (Wildman–Crippen LogP) is 1.99. The Morgan fingerprint density at radius 3 is 3.05 bits per heavy atom. The Labute approximate surface area is 117 Å². The van der Waals surface area contributed by atoms with Crippen LogP contribution in [0.3, 0.4) is 0 Å².